The monoisotopic (exact) mass is 443 g/mol. The number of hydrazone groups is 1. The van der Waals surface area contributed by atoms with E-state index < -0.39 is 23.7 Å². The molecule has 0 amide bonds. The molecular weight excluding hydrogens is 425 g/mol. The largest absolute Gasteiger partial charge is 0.467 e. The Balaban J connectivity index is 1.89. The second kappa shape index (κ2) is 7.87. The van der Waals surface area contributed by atoms with E-state index in [9.17, 15) is 9.90 Å². The van der Waals surface area contributed by atoms with Gasteiger partial charge in [-0.1, -0.05) is 65.7 Å². The van der Waals surface area contributed by atoms with Gasteiger partial charge in [-0.25, -0.2) is 9.80 Å². The number of carbonyl (C=O) groups is 1. The number of aliphatic hydroxyl groups excluding tert-OH is 1. The highest BCUT2D eigenvalue weighted by Crippen LogP contribution is 2.46. The molecule has 2 aliphatic heterocycles. The Morgan fingerprint density at radius 2 is 1.87 bits per heavy atom. The highest BCUT2D eigenvalue weighted by Gasteiger charge is 2.51. The summed E-state index contributed by atoms with van der Waals surface area (Å²) in [4.78, 5) is 16.7. The normalized spacial score (nSPS) is 23.8. The van der Waals surface area contributed by atoms with E-state index in [-0.39, 0.29) is 10.7 Å². The standard InChI is InChI=1S/C22H19Cl2N3O3/c1-13-17(18(28)20(29)30-2)19(24)27-21(26-13)22(12-25-27,14-7-4-3-5-8-14)15-9-6-10-16(23)11-15/h3-12,18,21,28H,1-2H3. The Hall–Kier alpha value is -2.67. The summed E-state index contributed by atoms with van der Waals surface area (Å²) >= 11 is 12.9. The van der Waals surface area contributed by atoms with Gasteiger partial charge in [0.15, 0.2) is 12.3 Å². The molecule has 1 N–H and O–H groups in total. The Labute approximate surface area is 184 Å². The van der Waals surface area contributed by atoms with Crippen LogP contribution < -0.4 is 0 Å². The van der Waals surface area contributed by atoms with Gasteiger partial charge < -0.3 is 9.84 Å². The number of aliphatic hydroxyl groups is 1. The first-order valence-electron chi connectivity index (χ1n) is 9.26. The van der Waals surface area contributed by atoms with Gasteiger partial charge in [-0.3, -0.25) is 4.99 Å². The molecule has 8 heteroatoms. The van der Waals surface area contributed by atoms with Gasteiger partial charge in [0.05, 0.1) is 12.5 Å². The number of fused-ring (bicyclic) bond motifs is 1. The number of halogens is 2. The summed E-state index contributed by atoms with van der Waals surface area (Å²) in [7, 11) is 1.20. The van der Waals surface area contributed by atoms with Crippen molar-refractivity contribution in [1.82, 2.24) is 5.01 Å². The number of hydrogen-bond donors (Lipinski definition) is 1. The molecule has 0 aromatic heterocycles. The van der Waals surface area contributed by atoms with Crippen LogP contribution in [0.1, 0.15) is 18.1 Å². The zero-order valence-corrected chi connectivity index (χ0v) is 17.8. The molecule has 0 aliphatic carbocycles. The maximum absolute atomic E-state index is 11.9. The fourth-order valence-electron chi connectivity index (χ4n) is 3.93. The summed E-state index contributed by atoms with van der Waals surface area (Å²) in [6.45, 7) is 1.70. The van der Waals surface area contributed by atoms with Crippen LogP contribution in [-0.4, -0.2) is 47.4 Å². The molecule has 0 bridgehead atoms. The molecule has 6 nitrogen and oxygen atoms in total. The lowest BCUT2D eigenvalue weighted by atomic mass is 9.73. The highest BCUT2D eigenvalue weighted by molar-refractivity contribution is 6.33. The summed E-state index contributed by atoms with van der Waals surface area (Å²) < 4.78 is 4.66. The first-order chi connectivity index (χ1) is 14.4. The van der Waals surface area contributed by atoms with Gasteiger partial charge in [0, 0.05) is 22.5 Å². The zero-order valence-electron chi connectivity index (χ0n) is 16.3. The molecule has 3 atom stereocenters. The average molecular weight is 444 g/mol. The lowest BCUT2D eigenvalue weighted by Crippen LogP contribution is -2.47. The van der Waals surface area contributed by atoms with Gasteiger partial charge >= 0.3 is 5.97 Å². The molecule has 2 heterocycles. The summed E-state index contributed by atoms with van der Waals surface area (Å²) in [6.07, 6.45) is -0.328. The van der Waals surface area contributed by atoms with E-state index in [0.717, 1.165) is 11.1 Å². The molecule has 2 aromatic rings. The molecule has 0 saturated carbocycles. The maximum Gasteiger partial charge on any atom is 0.339 e. The van der Waals surface area contributed by atoms with E-state index in [2.05, 4.69) is 9.84 Å². The van der Waals surface area contributed by atoms with Crippen molar-refractivity contribution in [3.05, 3.63) is 81.5 Å². The van der Waals surface area contributed by atoms with Crippen molar-refractivity contribution in [2.75, 3.05) is 7.11 Å². The second-order valence-corrected chi connectivity index (χ2v) is 7.85. The smallest absolute Gasteiger partial charge is 0.339 e. The average Bonchev–Trinajstić information content (AvgIpc) is 3.14. The Morgan fingerprint density at radius 3 is 2.53 bits per heavy atom. The van der Waals surface area contributed by atoms with Crippen LogP contribution in [0, 0.1) is 0 Å². The topological polar surface area (TPSA) is 74.5 Å². The van der Waals surface area contributed by atoms with Crippen LogP contribution in [0.5, 0.6) is 0 Å². The number of rotatable bonds is 4. The first-order valence-corrected chi connectivity index (χ1v) is 10.0. The minimum Gasteiger partial charge on any atom is -0.467 e. The number of ether oxygens (including phenoxy) is 1. The summed E-state index contributed by atoms with van der Waals surface area (Å²) in [5.74, 6) is -0.816. The molecule has 154 valence electrons. The van der Waals surface area contributed by atoms with Gasteiger partial charge in [0.1, 0.15) is 5.16 Å². The lowest BCUT2D eigenvalue weighted by Gasteiger charge is -2.38. The predicted octanol–water partition coefficient (Wildman–Crippen LogP) is 3.71. The van der Waals surface area contributed by atoms with Crippen molar-refractivity contribution in [3.63, 3.8) is 0 Å². The molecule has 2 aromatic carbocycles. The summed E-state index contributed by atoms with van der Waals surface area (Å²) in [5.41, 5.74) is 1.70. The molecular formula is C22H19Cl2N3O3. The number of aliphatic imine (C=N–C) groups is 1. The Morgan fingerprint density at radius 1 is 1.17 bits per heavy atom. The van der Waals surface area contributed by atoms with E-state index in [4.69, 9.17) is 28.2 Å². The third-order valence-electron chi connectivity index (χ3n) is 5.41. The number of nitrogens with zero attached hydrogens (tertiary/aromatic N) is 3. The van der Waals surface area contributed by atoms with E-state index in [1.807, 2.05) is 48.5 Å². The number of carbonyl (C=O) groups excluding carboxylic acids is 1. The van der Waals surface area contributed by atoms with Crippen molar-refractivity contribution in [1.29, 1.82) is 0 Å². The van der Waals surface area contributed by atoms with Crippen molar-refractivity contribution in [2.24, 2.45) is 10.1 Å². The van der Waals surface area contributed by atoms with E-state index in [0.29, 0.717) is 10.7 Å². The van der Waals surface area contributed by atoms with Crippen LogP contribution in [0.15, 0.2) is 75.4 Å². The van der Waals surface area contributed by atoms with Crippen molar-refractivity contribution < 1.29 is 14.6 Å². The molecule has 2 aliphatic rings. The quantitative estimate of drug-likeness (QED) is 0.577. The molecule has 0 fully saturated rings. The number of esters is 1. The van der Waals surface area contributed by atoms with E-state index >= 15 is 0 Å². The molecule has 0 radical (unpaired) electrons. The predicted molar refractivity (Wildman–Crippen MR) is 117 cm³/mol. The maximum atomic E-state index is 11.9. The number of benzene rings is 2. The third kappa shape index (κ3) is 3.12. The summed E-state index contributed by atoms with van der Waals surface area (Å²) in [6, 6.07) is 17.4. The van der Waals surface area contributed by atoms with Crippen LogP contribution in [0.3, 0.4) is 0 Å². The third-order valence-corrected chi connectivity index (χ3v) is 6.02. The van der Waals surface area contributed by atoms with Gasteiger partial charge in [-0.15, -0.1) is 0 Å². The molecule has 0 saturated heterocycles. The molecule has 3 unspecified atom stereocenters. The Kier molecular flexibility index (Phi) is 5.40. The highest BCUT2D eigenvalue weighted by atomic mass is 35.5. The van der Waals surface area contributed by atoms with Crippen LogP contribution in [0.25, 0.3) is 0 Å². The lowest BCUT2D eigenvalue weighted by molar-refractivity contribution is -0.148. The number of methoxy groups -OCH3 is 1. The Bertz CT molecular complexity index is 1080. The van der Waals surface area contributed by atoms with E-state index in [1.54, 1.807) is 19.2 Å². The molecule has 30 heavy (non-hydrogen) atoms. The van der Waals surface area contributed by atoms with Gasteiger partial charge in [-0.05, 0) is 30.2 Å². The van der Waals surface area contributed by atoms with Crippen LogP contribution >= 0.6 is 23.2 Å². The second-order valence-electron chi connectivity index (χ2n) is 7.05. The molecule has 4 rings (SSSR count). The molecule has 0 spiro atoms. The van der Waals surface area contributed by atoms with Crippen LogP contribution in [0.4, 0.5) is 0 Å². The van der Waals surface area contributed by atoms with Crippen LogP contribution in [-0.2, 0) is 14.9 Å². The van der Waals surface area contributed by atoms with E-state index in [1.165, 1.54) is 12.1 Å². The number of hydrogen-bond acceptors (Lipinski definition) is 6. The van der Waals surface area contributed by atoms with Crippen molar-refractivity contribution >= 4 is 41.1 Å². The first kappa shape index (κ1) is 20.6. The minimum absolute atomic E-state index is 0.126. The fraction of sp³-hybridized carbons (Fsp3) is 0.227. The van der Waals surface area contributed by atoms with Crippen molar-refractivity contribution in [2.45, 2.75) is 24.6 Å². The van der Waals surface area contributed by atoms with Gasteiger partial charge in [-0.2, -0.15) is 5.10 Å². The van der Waals surface area contributed by atoms with Crippen LogP contribution in [0.2, 0.25) is 5.02 Å². The van der Waals surface area contributed by atoms with Gasteiger partial charge in [0.2, 0.25) is 0 Å². The zero-order chi connectivity index (χ0) is 21.5. The van der Waals surface area contributed by atoms with Gasteiger partial charge in [0.25, 0.3) is 0 Å². The summed E-state index contributed by atoms with van der Waals surface area (Å²) in [5, 5.41) is 17.2. The van der Waals surface area contributed by atoms with Crippen molar-refractivity contribution in [3.8, 4) is 0 Å². The minimum atomic E-state index is -1.56. The SMILES string of the molecule is COC(=O)C(O)C1=C(Cl)N2N=CC(c3ccccc3)(c3cccc(Cl)c3)C2N=C1C. The fourth-order valence-corrected chi connectivity index (χ4v) is 4.50.